The van der Waals surface area contributed by atoms with Crippen LogP contribution in [-0.4, -0.2) is 48.1 Å². The van der Waals surface area contributed by atoms with Crippen molar-refractivity contribution in [1.82, 2.24) is 0 Å². The van der Waals surface area contributed by atoms with Gasteiger partial charge in [-0.25, -0.2) is 4.79 Å². The Labute approximate surface area is 156 Å². The Kier molecular flexibility index (Phi) is 8.14. The molecule has 0 atom stereocenters. The summed E-state index contributed by atoms with van der Waals surface area (Å²) >= 11 is 0. The first-order valence-electron chi connectivity index (χ1n) is 7.83. The SMILES string of the molecule is C=CC(=O)OCCCC(F)(F)C(F)(F)C(F)(F)C(F)(F)C(F)(F)C(F)(F)CCC. The lowest BCUT2D eigenvalue weighted by molar-refractivity contribution is -0.425. The Morgan fingerprint density at radius 2 is 1.14 bits per heavy atom. The van der Waals surface area contributed by atoms with Gasteiger partial charge in [-0.1, -0.05) is 19.9 Å². The van der Waals surface area contributed by atoms with Gasteiger partial charge in [-0.2, -0.15) is 52.7 Å². The van der Waals surface area contributed by atoms with Crippen LogP contribution < -0.4 is 0 Å². The Morgan fingerprint density at radius 3 is 1.48 bits per heavy atom. The van der Waals surface area contributed by atoms with Crippen LogP contribution in [0.4, 0.5) is 52.7 Å². The van der Waals surface area contributed by atoms with Gasteiger partial charge in [0, 0.05) is 18.9 Å². The zero-order chi connectivity index (χ0) is 23.5. The van der Waals surface area contributed by atoms with E-state index in [0.717, 1.165) is 6.92 Å². The van der Waals surface area contributed by atoms with Crippen LogP contribution in [0.2, 0.25) is 0 Å². The van der Waals surface area contributed by atoms with Crippen LogP contribution in [0.5, 0.6) is 0 Å². The molecule has 0 aliphatic heterocycles. The number of ether oxygens (including phenoxy) is 1. The number of halogens is 12. The van der Waals surface area contributed by atoms with Crippen molar-refractivity contribution in [3.05, 3.63) is 12.7 Å². The summed E-state index contributed by atoms with van der Waals surface area (Å²) in [5.41, 5.74) is 0. The largest absolute Gasteiger partial charge is 0.463 e. The van der Waals surface area contributed by atoms with Gasteiger partial charge in [0.15, 0.2) is 0 Å². The van der Waals surface area contributed by atoms with E-state index in [1.165, 1.54) is 0 Å². The fourth-order valence-electron chi connectivity index (χ4n) is 2.01. The summed E-state index contributed by atoms with van der Waals surface area (Å²) in [6, 6.07) is 0. The van der Waals surface area contributed by atoms with E-state index in [1.807, 2.05) is 0 Å². The quantitative estimate of drug-likeness (QED) is 0.153. The molecule has 0 aromatic rings. The molecule has 0 bridgehead atoms. The molecule has 0 fully saturated rings. The molecular weight excluding hydrogens is 440 g/mol. The molecule has 0 amide bonds. The van der Waals surface area contributed by atoms with Crippen LogP contribution in [0, 0.1) is 0 Å². The second-order valence-electron chi connectivity index (χ2n) is 5.93. The topological polar surface area (TPSA) is 26.3 Å². The molecule has 0 heterocycles. The highest BCUT2D eigenvalue weighted by atomic mass is 19.4. The molecule has 0 aromatic heterocycles. The normalized spacial score (nSPS) is 14.7. The molecule has 0 rings (SSSR count). The molecule has 0 spiro atoms. The number of hydrogen-bond acceptors (Lipinski definition) is 2. The molecule has 0 aromatic carbocycles. The minimum absolute atomic E-state index is 0.528. The zero-order valence-electron chi connectivity index (χ0n) is 14.7. The van der Waals surface area contributed by atoms with Crippen LogP contribution in [0.25, 0.3) is 0 Å². The fourth-order valence-corrected chi connectivity index (χ4v) is 2.01. The first-order chi connectivity index (χ1) is 12.8. The van der Waals surface area contributed by atoms with E-state index in [-0.39, 0.29) is 0 Å². The molecule has 0 N–H and O–H groups in total. The molecule has 172 valence electrons. The molecule has 0 radical (unpaired) electrons. The molecule has 0 saturated carbocycles. The van der Waals surface area contributed by atoms with E-state index in [9.17, 15) is 57.5 Å². The Morgan fingerprint density at radius 1 is 0.759 bits per heavy atom. The van der Waals surface area contributed by atoms with E-state index in [0.29, 0.717) is 6.08 Å². The average molecular weight is 456 g/mol. The second-order valence-corrected chi connectivity index (χ2v) is 5.93. The Balaban J connectivity index is 5.80. The highest BCUT2D eigenvalue weighted by Crippen LogP contribution is 2.61. The smallest absolute Gasteiger partial charge is 0.384 e. The zero-order valence-corrected chi connectivity index (χ0v) is 14.7. The number of alkyl halides is 12. The number of carbonyl (C=O) groups is 1. The minimum atomic E-state index is -7.57. The van der Waals surface area contributed by atoms with Crippen molar-refractivity contribution in [2.75, 3.05) is 6.61 Å². The van der Waals surface area contributed by atoms with Crippen LogP contribution in [-0.2, 0) is 9.53 Å². The molecule has 0 aliphatic carbocycles. The third-order valence-electron chi connectivity index (χ3n) is 3.71. The molecule has 0 saturated heterocycles. The number of rotatable bonds is 12. The Hall–Kier alpha value is -1.63. The van der Waals surface area contributed by atoms with Gasteiger partial charge in [0.25, 0.3) is 0 Å². The van der Waals surface area contributed by atoms with Gasteiger partial charge in [-0.3, -0.25) is 0 Å². The fraction of sp³-hybridized carbons (Fsp3) is 0.800. The van der Waals surface area contributed by atoms with Gasteiger partial charge in [0.2, 0.25) is 0 Å². The summed E-state index contributed by atoms with van der Waals surface area (Å²) in [5.74, 6) is -42.5. The summed E-state index contributed by atoms with van der Waals surface area (Å²) in [5, 5.41) is 0. The van der Waals surface area contributed by atoms with E-state index < -0.39 is 73.8 Å². The lowest BCUT2D eigenvalue weighted by Gasteiger charge is -2.41. The maximum absolute atomic E-state index is 13.5. The van der Waals surface area contributed by atoms with E-state index in [1.54, 1.807) is 0 Å². The van der Waals surface area contributed by atoms with Gasteiger partial charge < -0.3 is 4.74 Å². The lowest BCUT2D eigenvalue weighted by atomic mass is 9.89. The average Bonchev–Trinajstić information content (AvgIpc) is 2.57. The van der Waals surface area contributed by atoms with Gasteiger partial charge >= 0.3 is 41.5 Å². The van der Waals surface area contributed by atoms with Gasteiger partial charge in [-0.15, -0.1) is 0 Å². The summed E-state index contributed by atoms with van der Waals surface area (Å²) in [7, 11) is 0. The first-order valence-corrected chi connectivity index (χ1v) is 7.83. The van der Waals surface area contributed by atoms with E-state index in [4.69, 9.17) is 0 Å². The molecule has 29 heavy (non-hydrogen) atoms. The molecule has 0 unspecified atom stereocenters. The minimum Gasteiger partial charge on any atom is -0.463 e. The third kappa shape index (κ3) is 4.76. The number of hydrogen-bond donors (Lipinski definition) is 0. The van der Waals surface area contributed by atoms with Gasteiger partial charge in [0.1, 0.15) is 0 Å². The monoisotopic (exact) mass is 456 g/mol. The van der Waals surface area contributed by atoms with Crippen molar-refractivity contribution in [3.8, 4) is 0 Å². The second kappa shape index (κ2) is 8.62. The summed E-state index contributed by atoms with van der Waals surface area (Å²) in [6.45, 7) is 2.61. The summed E-state index contributed by atoms with van der Waals surface area (Å²) < 4.78 is 165. The number of esters is 1. The molecular formula is C15H16F12O2. The summed E-state index contributed by atoms with van der Waals surface area (Å²) in [4.78, 5) is 10.6. The van der Waals surface area contributed by atoms with E-state index in [2.05, 4.69) is 11.3 Å². The maximum atomic E-state index is 13.5. The van der Waals surface area contributed by atoms with Crippen LogP contribution in [0.1, 0.15) is 32.6 Å². The highest BCUT2D eigenvalue weighted by molar-refractivity contribution is 5.81. The Bertz CT molecular complexity index is 586. The van der Waals surface area contributed by atoms with Crippen molar-refractivity contribution in [2.24, 2.45) is 0 Å². The van der Waals surface area contributed by atoms with Crippen molar-refractivity contribution in [1.29, 1.82) is 0 Å². The van der Waals surface area contributed by atoms with Crippen molar-refractivity contribution in [2.45, 2.75) is 68.1 Å². The predicted octanol–water partition coefficient (Wildman–Crippen LogP) is 6.11. The lowest BCUT2D eigenvalue weighted by Crippen LogP contribution is -2.70. The van der Waals surface area contributed by atoms with Crippen LogP contribution >= 0.6 is 0 Å². The first kappa shape index (κ1) is 27.4. The van der Waals surface area contributed by atoms with Crippen molar-refractivity contribution in [3.63, 3.8) is 0 Å². The van der Waals surface area contributed by atoms with Crippen molar-refractivity contribution < 1.29 is 62.2 Å². The third-order valence-corrected chi connectivity index (χ3v) is 3.71. The summed E-state index contributed by atoms with van der Waals surface area (Å²) in [6.07, 6.45) is -6.08. The van der Waals surface area contributed by atoms with Gasteiger partial charge in [0.05, 0.1) is 6.61 Å². The molecule has 0 aliphatic rings. The standard InChI is InChI=1S/C15H16F12O2/c1-3-6-10(16,17)12(20,21)14(24,25)15(26,27)13(22,23)11(18,19)7-5-8-29-9(28)4-2/h4H,2-3,5-8H2,1H3. The van der Waals surface area contributed by atoms with E-state index >= 15 is 0 Å². The molecule has 14 heteroatoms. The number of carbonyl (C=O) groups excluding carboxylic acids is 1. The predicted molar refractivity (Wildman–Crippen MR) is 75.0 cm³/mol. The van der Waals surface area contributed by atoms with Crippen LogP contribution in [0.15, 0.2) is 12.7 Å². The van der Waals surface area contributed by atoms with Crippen molar-refractivity contribution >= 4 is 5.97 Å². The molecule has 2 nitrogen and oxygen atoms in total. The van der Waals surface area contributed by atoms with Gasteiger partial charge in [-0.05, 0) is 6.42 Å². The van der Waals surface area contributed by atoms with Crippen LogP contribution in [0.3, 0.4) is 0 Å². The maximum Gasteiger partial charge on any atom is 0.384 e. The highest BCUT2D eigenvalue weighted by Gasteiger charge is 2.89.